The summed E-state index contributed by atoms with van der Waals surface area (Å²) >= 11 is 0. The Labute approximate surface area is 189 Å². The average Bonchev–Trinajstić information content (AvgIpc) is 2.77. The Kier molecular flexibility index (Phi) is 9.19. The summed E-state index contributed by atoms with van der Waals surface area (Å²) in [6, 6.07) is 12.1. The fourth-order valence-electron chi connectivity index (χ4n) is 2.86. The van der Waals surface area contributed by atoms with Gasteiger partial charge in [0, 0.05) is 30.3 Å². The van der Waals surface area contributed by atoms with Gasteiger partial charge in [-0.2, -0.15) is 0 Å². The molecule has 0 radical (unpaired) electrons. The first-order chi connectivity index (χ1) is 15.2. The van der Waals surface area contributed by atoms with Crippen LogP contribution in [0.4, 0.5) is 11.5 Å². The average molecular weight is 441 g/mol. The smallest absolute Gasteiger partial charge is 0.240 e. The highest BCUT2D eigenvalue weighted by molar-refractivity contribution is 6.01. The predicted molar refractivity (Wildman–Crippen MR) is 125 cm³/mol. The van der Waals surface area contributed by atoms with E-state index in [9.17, 15) is 14.4 Å². The van der Waals surface area contributed by atoms with Gasteiger partial charge in [-0.1, -0.05) is 13.0 Å². The van der Waals surface area contributed by atoms with E-state index >= 15 is 0 Å². The van der Waals surface area contributed by atoms with Crippen LogP contribution in [0.2, 0.25) is 0 Å². The van der Waals surface area contributed by atoms with Crippen LogP contribution >= 0.6 is 0 Å². The number of rotatable bonds is 11. The van der Waals surface area contributed by atoms with E-state index in [0.29, 0.717) is 23.9 Å². The van der Waals surface area contributed by atoms with Gasteiger partial charge in [-0.05, 0) is 63.6 Å². The Bertz CT molecular complexity index is 898. The summed E-state index contributed by atoms with van der Waals surface area (Å²) in [5.74, 6) is 0.191. The normalized spacial score (nSPS) is 10.9. The molecule has 0 spiro atoms. The molecule has 0 saturated heterocycles. The van der Waals surface area contributed by atoms with Crippen LogP contribution in [-0.2, 0) is 14.4 Å². The van der Waals surface area contributed by atoms with Crippen LogP contribution in [0.3, 0.4) is 0 Å². The second-order valence-corrected chi connectivity index (χ2v) is 7.96. The fraction of sp³-hybridized carbons (Fsp3) is 0.417. The molecule has 172 valence electrons. The van der Waals surface area contributed by atoms with E-state index in [1.807, 2.05) is 27.7 Å². The molecule has 0 fully saturated rings. The first kappa shape index (κ1) is 24.8. The molecule has 32 heavy (non-hydrogen) atoms. The molecule has 0 aliphatic rings. The third kappa shape index (κ3) is 8.02. The maximum absolute atomic E-state index is 13.0. The van der Waals surface area contributed by atoms with Gasteiger partial charge < -0.3 is 20.3 Å². The number of pyridine rings is 1. The first-order valence-corrected chi connectivity index (χ1v) is 10.8. The molecular formula is C24H32N4O4. The monoisotopic (exact) mass is 440 g/mol. The number of amides is 3. The van der Waals surface area contributed by atoms with Crippen LogP contribution in [0.1, 0.15) is 47.0 Å². The van der Waals surface area contributed by atoms with Gasteiger partial charge in [-0.15, -0.1) is 0 Å². The van der Waals surface area contributed by atoms with E-state index in [1.165, 1.54) is 4.90 Å². The van der Waals surface area contributed by atoms with Crippen LogP contribution in [0.15, 0.2) is 48.7 Å². The highest BCUT2D eigenvalue weighted by atomic mass is 16.5. The van der Waals surface area contributed by atoms with Crippen molar-refractivity contribution >= 4 is 29.2 Å². The zero-order valence-corrected chi connectivity index (χ0v) is 19.2. The van der Waals surface area contributed by atoms with Crippen molar-refractivity contribution < 1.29 is 19.1 Å². The Morgan fingerprint density at radius 2 is 1.72 bits per heavy atom. The predicted octanol–water partition coefficient (Wildman–Crippen LogP) is 3.54. The standard InChI is InChI=1S/C24H32N4O4/c1-5-24(3,4)27-22(30)17-28(18-10-12-19(13-11-18)32-6-2)23(31)15-14-21(29)26-20-9-7-8-16-25-20/h7-13,16H,5-6,14-15,17H2,1-4H3,(H,27,30)(H,25,26,29). The number of carbonyl (C=O) groups excluding carboxylic acids is 3. The molecule has 8 nitrogen and oxygen atoms in total. The molecule has 2 aromatic rings. The number of hydrogen-bond donors (Lipinski definition) is 2. The topological polar surface area (TPSA) is 101 Å². The SMILES string of the molecule is CCOc1ccc(N(CC(=O)NC(C)(C)CC)C(=O)CCC(=O)Nc2ccccn2)cc1. The van der Waals surface area contributed by atoms with Gasteiger partial charge in [0.2, 0.25) is 17.7 Å². The van der Waals surface area contributed by atoms with Crippen LogP contribution < -0.4 is 20.3 Å². The summed E-state index contributed by atoms with van der Waals surface area (Å²) in [7, 11) is 0. The number of anilines is 2. The molecule has 1 aromatic heterocycles. The third-order valence-electron chi connectivity index (χ3n) is 4.92. The lowest BCUT2D eigenvalue weighted by Gasteiger charge is -2.28. The lowest BCUT2D eigenvalue weighted by molar-refractivity contribution is -0.125. The van der Waals surface area contributed by atoms with Gasteiger partial charge in [0.25, 0.3) is 0 Å². The van der Waals surface area contributed by atoms with E-state index in [-0.39, 0.29) is 42.6 Å². The van der Waals surface area contributed by atoms with Crippen molar-refractivity contribution in [2.24, 2.45) is 0 Å². The Morgan fingerprint density at radius 1 is 1.00 bits per heavy atom. The fourth-order valence-corrected chi connectivity index (χ4v) is 2.86. The molecule has 2 N–H and O–H groups in total. The minimum atomic E-state index is -0.382. The van der Waals surface area contributed by atoms with Gasteiger partial charge in [0.15, 0.2) is 0 Å². The van der Waals surface area contributed by atoms with Gasteiger partial charge >= 0.3 is 0 Å². The largest absolute Gasteiger partial charge is 0.494 e. The summed E-state index contributed by atoms with van der Waals surface area (Å²) in [6.07, 6.45) is 2.26. The van der Waals surface area contributed by atoms with Crippen LogP contribution in [0.5, 0.6) is 5.75 Å². The molecule has 3 amide bonds. The van der Waals surface area contributed by atoms with Crippen molar-refractivity contribution in [2.45, 2.75) is 52.5 Å². The van der Waals surface area contributed by atoms with Crippen LogP contribution in [0.25, 0.3) is 0 Å². The van der Waals surface area contributed by atoms with Crippen molar-refractivity contribution in [1.82, 2.24) is 10.3 Å². The van der Waals surface area contributed by atoms with E-state index in [4.69, 9.17) is 4.74 Å². The third-order valence-corrected chi connectivity index (χ3v) is 4.92. The summed E-state index contributed by atoms with van der Waals surface area (Å²) in [5.41, 5.74) is 0.181. The number of aromatic nitrogens is 1. The quantitative estimate of drug-likeness (QED) is 0.557. The Balaban J connectivity index is 2.09. The number of carbonyl (C=O) groups is 3. The highest BCUT2D eigenvalue weighted by Crippen LogP contribution is 2.21. The molecule has 0 aliphatic heterocycles. The van der Waals surface area contributed by atoms with Crippen molar-refractivity contribution in [3.63, 3.8) is 0 Å². The second kappa shape index (κ2) is 11.8. The Morgan fingerprint density at radius 3 is 2.31 bits per heavy atom. The van der Waals surface area contributed by atoms with Crippen LogP contribution in [-0.4, -0.2) is 41.4 Å². The maximum Gasteiger partial charge on any atom is 0.240 e. The van der Waals surface area contributed by atoms with Crippen molar-refractivity contribution in [1.29, 1.82) is 0 Å². The lowest BCUT2D eigenvalue weighted by Crippen LogP contribution is -2.48. The summed E-state index contributed by atoms with van der Waals surface area (Å²) in [6.45, 7) is 8.11. The molecular weight excluding hydrogens is 408 g/mol. The number of nitrogens with one attached hydrogen (secondary N) is 2. The Hall–Kier alpha value is -3.42. The van der Waals surface area contributed by atoms with E-state index in [1.54, 1.807) is 48.7 Å². The lowest BCUT2D eigenvalue weighted by atomic mass is 10.0. The minimum absolute atomic E-state index is 0.0228. The first-order valence-electron chi connectivity index (χ1n) is 10.8. The van der Waals surface area contributed by atoms with Crippen LogP contribution in [0, 0.1) is 0 Å². The van der Waals surface area contributed by atoms with Crippen molar-refractivity contribution in [3.05, 3.63) is 48.7 Å². The summed E-state index contributed by atoms with van der Waals surface area (Å²) in [5, 5.41) is 5.61. The van der Waals surface area contributed by atoms with E-state index in [2.05, 4.69) is 15.6 Å². The van der Waals surface area contributed by atoms with Gasteiger partial charge in [0.1, 0.15) is 18.1 Å². The number of ether oxygens (including phenoxy) is 1. The van der Waals surface area contributed by atoms with Gasteiger partial charge in [-0.3, -0.25) is 14.4 Å². The highest BCUT2D eigenvalue weighted by Gasteiger charge is 2.24. The van der Waals surface area contributed by atoms with E-state index < -0.39 is 0 Å². The van der Waals surface area contributed by atoms with Gasteiger partial charge in [0.05, 0.1) is 6.61 Å². The summed E-state index contributed by atoms with van der Waals surface area (Å²) in [4.78, 5) is 43.3. The zero-order chi connectivity index (χ0) is 23.6. The molecule has 2 rings (SSSR count). The molecule has 1 aromatic carbocycles. The number of hydrogen-bond acceptors (Lipinski definition) is 5. The maximum atomic E-state index is 13.0. The number of nitrogens with zero attached hydrogens (tertiary/aromatic N) is 2. The summed E-state index contributed by atoms with van der Waals surface area (Å²) < 4.78 is 5.46. The van der Waals surface area contributed by atoms with Gasteiger partial charge in [-0.25, -0.2) is 4.98 Å². The van der Waals surface area contributed by atoms with Crippen molar-refractivity contribution in [2.75, 3.05) is 23.4 Å². The second-order valence-electron chi connectivity index (χ2n) is 7.96. The molecule has 0 bridgehead atoms. The number of benzene rings is 1. The molecule has 0 atom stereocenters. The molecule has 1 heterocycles. The minimum Gasteiger partial charge on any atom is -0.494 e. The molecule has 0 aliphatic carbocycles. The zero-order valence-electron chi connectivity index (χ0n) is 19.2. The molecule has 0 unspecified atom stereocenters. The van der Waals surface area contributed by atoms with E-state index in [0.717, 1.165) is 6.42 Å². The van der Waals surface area contributed by atoms with Crippen molar-refractivity contribution in [3.8, 4) is 5.75 Å². The molecule has 0 saturated carbocycles. The molecule has 8 heteroatoms.